The lowest BCUT2D eigenvalue weighted by atomic mass is 9.97. The molecular weight excluding hydrogens is 326 g/mol. The lowest BCUT2D eigenvalue weighted by Gasteiger charge is -2.30. The smallest absolute Gasteiger partial charge is 0.409 e. The van der Waals surface area contributed by atoms with E-state index in [0.29, 0.717) is 31.1 Å². The summed E-state index contributed by atoms with van der Waals surface area (Å²) in [6.45, 7) is 1.58. The fourth-order valence-electron chi connectivity index (χ4n) is 2.65. The number of anilines is 1. The number of rotatable bonds is 4. The average Bonchev–Trinajstić information content (AvgIpc) is 2.65. The minimum Gasteiger partial charge on any atom is -0.497 e. The number of ether oxygens (including phenoxy) is 2. The number of benzene rings is 1. The Bertz CT molecular complexity index is 626. The molecule has 0 spiro atoms. The van der Waals surface area contributed by atoms with Gasteiger partial charge >= 0.3 is 17.9 Å². The van der Waals surface area contributed by atoms with Gasteiger partial charge in [0.2, 0.25) is 0 Å². The second-order valence-corrected chi connectivity index (χ2v) is 5.80. The van der Waals surface area contributed by atoms with E-state index in [1.54, 1.807) is 29.2 Å². The van der Waals surface area contributed by atoms with E-state index in [4.69, 9.17) is 4.74 Å². The number of methoxy groups -OCH3 is 2. The number of carbonyl (C=O) groups is 3. The van der Waals surface area contributed by atoms with Gasteiger partial charge in [-0.1, -0.05) is 6.07 Å². The van der Waals surface area contributed by atoms with Crippen LogP contribution in [-0.2, 0) is 14.3 Å². The predicted molar refractivity (Wildman–Crippen MR) is 91.3 cm³/mol. The van der Waals surface area contributed by atoms with Crippen LogP contribution in [0.2, 0.25) is 0 Å². The summed E-state index contributed by atoms with van der Waals surface area (Å²) in [6.07, 6.45) is 1.18. The van der Waals surface area contributed by atoms with Gasteiger partial charge in [-0.05, 0) is 30.9 Å². The van der Waals surface area contributed by atoms with Crippen LogP contribution in [0.15, 0.2) is 24.3 Å². The van der Waals surface area contributed by atoms with Gasteiger partial charge in [-0.3, -0.25) is 9.59 Å². The van der Waals surface area contributed by atoms with E-state index in [0.717, 1.165) is 12.8 Å². The van der Waals surface area contributed by atoms with Crippen molar-refractivity contribution in [3.8, 4) is 5.75 Å². The lowest BCUT2D eigenvalue weighted by Crippen LogP contribution is -2.43. The molecule has 1 saturated heterocycles. The van der Waals surface area contributed by atoms with E-state index in [-0.39, 0.29) is 12.0 Å². The molecule has 1 aliphatic rings. The van der Waals surface area contributed by atoms with Gasteiger partial charge in [0.05, 0.1) is 14.2 Å². The Kier molecular flexibility index (Phi) is 6.62. The zero-order valence-corrected chi connectivity index (χ0v) is 14.4. The van der Waals surface area contributed by atoms with Crippen LogP contribution in [-0.4, -0.2) is 56.7 Å². The largest absolute Gasteiger partial charge is 0.497 e. The van der Waals surface area contributed by atoms with Gasteiger partial charge in [0.15, 0.2) is 0 Å². The third kappa shape index (κ3) is 5.37. The molecule has 1 aliphatic heterocycles. The Morgan fingerprint density at radius 2 is 1.88 bits per heavy atom. The summed E-state index contributed by atoms with van der Waals surface area (Å²) in [5.74, 6) is -0.580. The molecule has 0 atom stereocenters. The number of hydrogen-bond acceptors (Lipinski definition) is 5. The number of carbonyl (C=O) groups excluding carboxylic acids is 3. The Morgan fingerprint density at radius 1 is 1.16 bits per heavy atom. The molecule has 1 heterocycles. The topological polar surface area (TPSA) is 97.0 Å². The van der Waals surface area contributed by atoms with E-state index < -0.39 is 11.8 Å². The highest BCUT2D eigenvalue weighted by Crippen LogP contribution is 2.18. The molecule has 0 saturated carbocycles. The third-order valence-corrected chi connectivity index (χ3v) is 4.13. The van der Waals surface area contributed by atoms with E-state index in [2.05, 4.69) is 15.4 Å². The number of hydrogen-bond donors (Lipinski definition) is 2. The van der Waals surface area contributed by atoms with E-state index >= 15 is 0 Å². The molecule has 1 aromatic rings. The Labute approximate surface area is 146 Å². The Morgan fingerprint density at radius 3 is 2.52 bits per heavy atom. The highest BCUT2D eigenvalue weighted by Gasteiger charge is 2.24. The Hall–Kier alpha value is -2.77. The standard InChI is InChI=1S/C17H23N3O5/c1-24-14-5-3-4-13(10-14)19-16(22)15(21)18-11-12-6-8-20(9-7-12)17(23)25-2/h3-5,10,12H,6-9,11H2,1-2H3,(H,18,21)(H,19,22). The molecule has 0 aromatic heterocycles. The van der Waals surface area contributed by atoms with Crippen molar-refractivity contribution in [1.29, 1.82) is 0 Å². The van der Waals surface area contributed by atoms with Crippen LogP contribution in [0.3, 0.4) is 0 Å². The second kappa shape index (κ2) is 8.91. The molecule has 1 fully saturated rings. The third-order valence-electron chi connectivity index (χ3n) is 4.13. The normalized spacial score (nSPS) is 14.6. The van der Waals surface area contributed by atoms with Crippen molar-refractivity contribution < 1.29 is 23.9 Å². The van der Waals surface area contributed by atoms with Crippen LogP contribution in [0, 0.1) is 5.92 Å². The molecule has 2 rings (SSSR count). The maximum atomic E-state index is 11.9. The second-order valence-electron chi connectivity index (χ2n) is 5.80. The minimum atomic E-state index is -0.722. The number of nitrogens with one attached hydrogen (secondary N) is 2. The SMILES string of the molecule is COC(=O)N1CCC(CNC(=O)C(=O)Nc2cccc(OC)c2)CC1. The highest BCUT2D eigenvalue weighted by atomic mass is 16.5. The van der Waals surface area contributed by atoms with Gasteiger partial charge < -0.3 is 25.0 Å². The lowest BCUT2D eigenvalue weighted by molar-refractivity contribution is -0.136. The summed E-state index contributed by atoms with van der Waals surface area (Å²) in [5.41, 5.74) is 0.492. The van der Waals surface area contributed by atoms with Gasteiger partial charge in [0, 0.05) is 31.4 Å². The van der Waals surface area contributed by atoms with Gasteiger partial charge in [-0.2, -0.15) is 0 Å². The first-order valence-electron chi connectivity index (χ1n) is 8.09. The molecule has 8 heteroatoms. The molecule has 1 aromatic carbocycles. The average molecular weight is 349 g/mol. The molecule has 0 radical (unpaired) electrons. The fraction of sp³-hybridized carbons (Fsp3) is 0.471. The Balaban J connectivity index is 1.74. The summed E-state index contributed by atoms with van der Waals surface area (Å²) in [4.78, 5) is 36.9. The first-order chi connectivity index (χ1) is 12.0. The zero-order valence-electron chi connectivity index (χ0n) is 14.4. The summed E-state index contributed by atoms with van der Waals surface area (Å²) in [5, 5.41) is 5.18. The van der Waals surface area contributed by atoms with Crippen molar-refractivity contribution >= 4 is 23.6 Å². The van der Waals surface area contributed by atoms with Crippen LogP contribution in [0.25, 0.3) is 0 Å². The molecule has 0 unspecified atom stereocenters. The van der Waals surface area contributed by atoms with Crippen LogP contribution in [0.5, 0.6) is 5.75 Å². The quantitative estimate of drug-likeness (QED) is 0.797. The van der Waals surface area contributed by atoms with Gasteiger partial charge in [-0.15, -0.1) is 0 Å². The minimum absolute atomic E-state index is 0.231. The zero-order chi connectivity index (χ0) is 18.2. The van der Waals surface area contributed by atoms with E-state index in [1.807, 2.05) is 0 Å². The van der Waals surface area contributed by atoms with Crippen molar-refractivity contribution in [2.45, 2.75) is 12.8 Å². The van der Waals surface area contributed by atoms with Gasteiger partial charge in [0.1, 0.15) is 5.75 Å². The van der Waals surface area contributed by atoms with Crippen molar-refractivity contribution in [1.82, 2.24) is 10.2 Å². The van der Waals surface area contributed by atoms with Crippen LogP contribution in [0.4, 0.5) is 10.5 Å². The van der Waals surface area contributed by atoms with Crippen molar-refractivity contribution in [3.63, 3.8) is 0 Å². The van der Waals surface area contributed by atoms with Gasteiger partial charge in [-0.25, -0.2) is 4.79 Å². The number of piperidine rings is 1. The van der Waals surface area contributed by atoms with E-state index in [9.17, 15) is 14.4 Å². The number of likely N-dealkylation sites (tertiary alicyclic amines) is 1. The molecule has 2 N–H and O–H groups in total. The maximum Gasteiger partial charge on any atom is 0.409 e. The van der Waals surface area contributed by atoms with Crippen LogP contribution >= 0.6 is 0 Å². The van der Waals surface area contributed by atoms with E-state index in [1.165, 1.54) is 14.2 Å². The highest BCUT2D eigenvalue weighted by molar-refractivity contribution is 6.39. The predicted octanol–water partition coefficient (Wildman–Crippen LogP) is 1.23. The number of nitrogens with zero attached hydrogens (tertiary/aromatic N) is 1. The van der Waals surface area contributed by atoms with Crippen LogP contribution < -0.4 is 15.4 Å². The monoisotopic (exact) mass is 349 g/mol. The van der Waals surface area contributed by atoms with Crippen molar-refractivity contribution in [2.75, 3.05) is 39.2 Å². The first kappa shape index (κ1) is 18.6. The molecule has 3 amide bonds. The fourth-order valence-corrected chi connectivity index (χ4v) is 2.65. The molecule has 8 nitrogen and oxygen atoms in total. The number of amides is 3. The van der Waals surface area contributed by atoms with Gasteiger partial charge in [0.25, 0.3) is 0 Å². The molecule has 0 bridgehead atoms. The molecule has 136 valence electrons. The molecule has 0 aliphatic carbocycles. The summed E-state index contributed by atoms with van der Waals surface area (Å²) in [7, 11) is 2.88. The first-order valence-corrected chi connectivity index (χ1v) is 8.09. The molecule has 25 heavy (non-hydrogen) atoms. The maximum absolute atomic E-state index is 11.9. The van der Waals surface area contributed by atoms with Crippen LogP contribution in [0.1, 0.15) is 12.8 Å². The summed E-state index contributed by atoms with van der Waals surface area (Å²) in [6, 6.07) is 6.78. The summed E-state index contributed by atoms with van der Waals surface area (Å²) < 4.78 is 9.75. The van der Waals surface area contributed by atoms with Crippen molar-refractivity contribution in [3.05, 3.63) is 24.3 Å². The summed E-state index contributed by atoms with van der Waals surface area (Å²) >= 11 is 0. The molecular formula is C17H23N3O5. The van der Waals surface area contributed by atoms with Crippen molar-refractivity contribution in [2.24, 2.45) is 5.92 Å².